The molecule has 22 heavy (non-hydrogen) atoms. The molecule has 1 aliphatic rings. The predicted octanol–water partition coefficient (Wildman–Crippen LogP) is 3.97. The van der Waals surface area contributed by atoms with Crippen LogP contribution in [0.15, 0.2) is 18.2 Å². The molecule has 1 fully saturated rings. The van der Waals surface area contributed by atoms with E-state index in [1.54, 1.807) is 30.1 Å². The number of amides is 2. The average molecular weight is 343 g/mol. The highest BCUT2D eigenvalue weighted by Crippen LogP contribution is 2.48. The topological polar surface area (TPSA) is 49.4 Å². The van der Waals surface area contributed by atoms with Gasteiger partial charge in [0.25, 0.3) is 0 Å². The van der Waals surface area contributed by atoms with Crippen LogP contribution in [0.1, 0.15) is 32.6 Å². The van der Waals surface area contributed by atoms with Crippen molar-refractivity contribution in [2.24, 2.45) is 5.41 Å². The molecule has 0 bridgehead atoms. The summed E-state index contributed by atoms with van der Waals surface area (Å²) in [4.78, 5) is 26.7. The second-order valence-electron chi connectivity index (χ2n) is 5.74. The minimum absolute atomic E-state index is 0.108. The number of rotatable bonds is 6. The highest BCUT2D eigenvalue weighted by molar-refractivity contribution is 6.36. The van der Waals surface area contributed by atoms with Gasteiger partial charge in [0.05, 0.1) is 10.7 Å². The Labute approximate surface area is 140 Å². The lowest BCUT2D eigenvalue weighted by Gasteiger charge is -2.23. The molecule has 0 saturated heterocycles. The van der Waals surface area contributed by atoms with Gasteiger partial charge < -0.3 is 10.2 Å². The number of unbranched alkanes of at least 4 members (excludes halogenated alkanes) is 1. The summed E-state index contributed by atoms with van der Waals surface area (Å²) in [6.07, 6.45) is 3.11. The van der Waals surface area contributed by atoms with Crippen LogP contribution in [0, 0.1) is 5.41 Å². The second-order valence-corrected chi connectivity index (χ2v) is 6.58. The van der Waals surface area contributed by atoms with Crippen molar-refractivity contribution in [1.29, 1.82) is 0 Å². The Kier molecular flexibility index (Phi) is 5.35. The van der Waals surface area contributed by atoms with Gasteiger partial charge in [-0.1, -0.05) is 36.5 Å². The summed E-state index contributed by atoms with van der Waals surface area (Å²) in [6, 6.07) is 4.86. The molecule has 120 valence electrons. The first-order valence-corrected chi connectivity index (χ1v) is 8.18. The zero-order valence-corrected chi connectivity index (χ0v) is 14.3. The SMILES string of the molecule is CCCCN(C)C(=O)C1(C(=O)Nc2ccc(Cl)cc2Cl)CC1. The van der Waals surface area contributed by atoms with Gasteiger partial charge in [0.2, 0.25) is 11.8 Å². The molecular weight excluding hydrogens is 323 g/mol. The Morgan fingerprint density at radius 2 is 2.00 bits per heavy atom. The summed E-state index contributed by atoms with van der Waals surface area (Å²) in [5.41, 5.74) is -0.447. The molecule has 0 spiro atoms. The van der Waals surface area contributed by atoms with Crippen LogP contribution < -0.4 is 5.32 Å². The van der Waals surface area contributed by atoms with Gasteiger partial charge in [0.15, 0.2) is 0 Å². The van der Waals surface area contributed by atoms with Gasteiger partial charge >= 0.3 is 0 Å². The van der Waals surface area contributed by atoms with E-state index in [4.69, 9.17) is 23.2 Å². The quantitative estimate of drug-likeness (QED) is 0.795. The fourth-order valence-corrected chi connectivity index (χ4v) is 2.81. The van der Waals surface area contributed by atoms with E-state index in [0.717, 1.165) is 12.8 Å². The zero-order chi connectivity index (χ0) is 16.3. The molecule has 0 unspecified atom stereocenters. The summed E-state index contributed by atoms with van der Waals surface area (Å²) < 4.78 is 0. The van der Waals surface area contributed by atoms with Gasteiger partial charge in [0.1, 0.15) is 5.41 Å². The van der Waals surface area contributed by atoms with Crippen molar-refractivity contribution in [3.05, 3.63) is 28.2 Å². The number of nitrogens with one attached hydrogen (secondary N) is 1. The van der Waals surface area contributed by atoms with Gasteiger partial charge in [-0.05, 0) is 37.5 Å². The average Bonchev–Trinajstić information content (AvgIpc) is 3.28. The Morgan fingerprint density at radius 1 is 1.32 bits per heavy atom. The number of carbonyl (C=O) groups excluding carboxylic acids is 2. The lowest BCUT2D eigenvalue weighted by atomic mass is 10.0. The van der Waals surface area contributed by atoms with Gasteiger partial charge in [-0.3, -0.25) is 9.59 Å². The first-order valence-electron chi connectivity index (χ1n) is 7.43. The Morgan fingerprint density at radius 3 is 2.55 bits per heavy atom. The molecule has 0 atom stereocenters. The van der Waals surface area contributed by atoms with E-state index in [1.807, 2.05) is 0 Å². The molecule has 1 aromatic carbocycles. The van der Waals surface area contributed by atoms with Gasteiger partial charge in [-0.15, -0.1) is 0 Å². The van der Waals surface area contributed by atoms with Gasteiger partial charge in [-0.2, -0.15) is 0 Å². The molecule has 0 aromatic heterocycles. The van der Waals surface area contributed by atoms with Crippen molar-refractivity contribution in [2.75, 3.05) is 18.9 Å². The van der Waals surface area contributed by atoms with Crippen LogP contribution in [0.2, 0.25) is 10.0 Å². The molecular formula is C16H20Cl2N2O2. The van der Waals surface area contributed by atoms with E-state index in [0.29, 0.717) is 35.1 Å². The largest absolute Gasteiger partial charge is 0.345 e. The van der Waals surface area contributed by atoms with Crippen LogP contribution >= 0.6 is 23.2 Å². The summed E-state index contributed by atoms with van der Waals surface area (Å²) in [7, 11) is 1.75. The van der Waals surface area contributed by atoms with Gasteiger partial charge in [0, 0.05) is 18.6 Å². The number of carbonyl (C=O) groups is 2. The number of anilines is 1. The van der Waals surface area contributed by atoms with E-state index in [-0.39, 0.29) is 11.8 Å². The minimum atomic E-state index is -0.925. The fourth-order valence-electron chi connectivity index (χ4n) is 2.36. The lowest BCUT2D eigenvalue weighted by Crippen LogP contribution is -2.41. The third-order valence-electron chi connectivity index (χ3n) is 3.97. The molecule has 0 radical (unpaired) electrons. The first kappa shape index (κ1) is 17.1. The van der Waals surface area contributed by atoms with Crippen LogP contribution in [0.5, 0.6) is 0 Å². The molecule has 6 heteroatoms. The maximum atomic E-state index is 12.5. The summed E-state index contributed by atoms with van der Waals surface area (Å²) in [5.74, 6) is -0.395. The first-order chi connectivity index (χ1) is 10.4. The summed E-state index contributed by atoms with van der Waals surface area (Å²) in [5, 5.41) is 3.62. The van der Waals surface area contributed by atoms with Crippen LogP contribution in [-0.4, -0.2) is 30.3 Å². The molecule has 2 amide bonds. The second kappa shape index (κ2) is 6.88. The zero-order valence-electron chi connectivity index (χ0n) is 12.8. The molecule has 1 saturated carbocycles. The lowest BCUT2D eigenvalue weighted by molar-refractivity contribution is -0.141. The molecule has 2 rings (SSSR count). The van der Waals surface area contributed by atoms with Crippen molar-refractivity contribution in [1.82, 2.24) is 4.90 Å². The van der Waals surface area contributed by atoms with E-state index in [2.05, 4.69) is 12.2 Å². The molecule has 1 N–H and O–H groups in total. The van der Waals surface area contributed by atoms with E-state index in [9.17, 15) is 9.59 Å². The van der Waals surface area contributed by atoms with E-state index >= 15 is 0 Å². The maximum Gasteiger partial charge on any atom is 0.240 e. The number of hydrogen-bond acceptors (Lipinski definition) is 2. The third kappa shape index (κ3) is 3.55. The smallest absolute Gasteiger partial charge is 0.240 e. The standard InChI is InChI=1S/C16H20Cl2N2O2/c1-3-4-9-20(2)15(22)16(7-8-16)14(21)19-13-6-5-11(17)10-12(13)18/h5-6,10H,3-4,7-9H2,1-2H3,(H,19,21). The maximum absolute atomic E-state index is 12.5. The van der Waals surface area contributed by atoms with Gasteiger partial charge in [-0.25, -0.2) is 0 Å². The number of benzene rings is 1. The monoisotopic (exact) mass is 342 g/mol. The van der Waals surface area contributed by atoms with Crippen molar-refractivity contribution >= 4 is 40.7 Å². The normalized spacial score (nSPS) is 15.3. The highest BCUT2D eigenvalue weighted by Gasteiger charge is 2.57. The highest BCUT2D eigenvalue weighted by atomic mass is 35.5. The van der Waals surface area contributed by atoms with E-state index < -0.39 is 5.41 Å². The molecule has 1 aliphatic carbocycles. The molecule has 4 nitrogen and oxygen atoms in total. The minimum Gasteiger partial charge on any atom is -0.345 e. The predicted molar refractivity (Wildman–Crippen MR) is 89.3 cm³/mol. The Bertz CT molecular complexity index is 586. The number of hydrogen-bond donors (Lipinski definition) is 1. The van der Waals surface area contributed by atoms with Crippen LogP contribution in [-0.2, 0) is 9.59 Å². The molecule has 1 aromatic rings. The summed E-state index contributed by atoms with van der Waals surface area (Å²) >= 11 is 11.9. The van der Waals surface area contributed by atoms with Crippen molar-refractivity contribution in [2.45, 2.75) is 32.6 Å². The van der Waals surface area contributed by atoms with Crippen LogP contribution in [0.25, 0.3) is 0 Å². The van der Waals surface area contributed by atoms with Crippen molar-refractivity contribution in [3.63, 3.8) is 0 Å². The Balaban J connectivity index is 2.06. The van der Waals surface area contributed by atoms with Crippen molar-refractivity contribution in [3.8, 4) is 0 Å². The van der Waals surface area contributed by atoms with E-state index in [1.165, 1.54) is 0 Å². The van der Waals surface area contributed by atoms with Crippen LogP contribution in [0.4, 0.5) is 5.69 Å². The fraction of sp³-hybridized carbons (Fsp3) is 0.500. The third-order valence-corrected chi connectivity index (χ3v) is 4.51. The molecule has 0 heterocycles. The van der Waals surface area contributed by atoms with Crippen molar-refractivity contribution < 1.29 is 9.59 Å². The van der Waals surface area contributed by atoms with Crippen LogP contribution in [0.3, 0.4) is 0 Å². The number of halogens is 2. The number of nitrogens with zero attached hydrogens (tertiary/aromatic N) is 1. The molecule has 0 aliphatic heterocycles. The Hall–Kier alpha value is -1.26. The summed E-state index contributed by atoms with van der Waals surface area (Å²) in [6.45, 7) is 2.74.